The number of nitrogens with one attached hydrogen (secondary N) is 1. The lowest BCUT2D eigenvalue weighted by Gasteiger charge is -2.33. The standard InChI is InChI=1S/C30H41N5O2S/c1-22(2)35(23(3)4)19-18-34(30-32-28(21-38-30)25-10-12-27(37-5)13-11-25)20-24-6-8-26(9-7-24)29(36)33-16-14-31-15-17-33/h6-13,21-23,31H,14-20H2,1-5H3. The molecule has 7 nitrogen and oxygen atoms in total. The van der Waals surface area contributed by atoms with E-state index in [0.29, 0.717) is 12.1 Å². The maximum Gasteiger partial charge on any atom is 0.253 e. The van der Waals surface area contributed by atoms with Gasteiger partial charge >= 0.3 is 0 Å². The number of carbonyl (C=O) groups excluding carboxylic acids is 1. The minimum Gasteiger partial charge on any atom is -0.497 e. The zero-order valence-electron chi connectivity index (χ0n) is 23.3. The number of piperazine rings is 1. The molecule has 0 bridgehead atoms. The molecule has 1 aromatic heterocycles. The van der Waals surface area contributed by atoms with E-state index in [2.05, 4.69) is 72.5 Å². The maximum absolute atomic E-state index is 12.9. The van der Waals surface area contributed by atoms with Crippen LogP contribution in [0.5, 0.6) is 5.75 Å². The summed E-state index contributed by atoms with van der Waals surface area (Å²) in [5, 5.41) is 6.44. The summed E-state index contributed by atoms with van der Waals surface area (Å²) in [6.45, 7) is 14.8. The summed E-state index contributed by atoms with van der Waals surface area (Å²) < 4.78 is 5.31. The first kappa shape index (κ1) is 28.1. The number of hydrogen-bond donors (Lipinski definition) is 1. The zero-order chi connectivity index (χ0) is 27.1. The summed E-state index contributed by atoms with van der Waals surface area (Å²) in [7, 11) is 1.68. The molecule has 0 spiro atoms. The molecule has 8 heteroatoms. The number of benzene rings is 2. The summed E-state index contributed by atoms with van der Waals surface area (Å²) in [5.41, 5.74) is 3.97. The van der Waals surface area contributed by atoms with Crippen molar-refractivity contribution < 1.29 is 9.53 Å². The van der Waals surface area contributed by atoms with Gasteiger partial charge in [0.1, 0.15) is 5.75 Å². The van der Waals surface area contributed by atoms with Gasteiger partial charge in [0, 0.05) is 74.4 Å². The Labute approximate surface area is 231 Å². The summed E-state index contributed by atoms with van der Waals surface area (Å²) >= 11 is 1.68. The van der Waals surface area contributed by atoms with Crippen molar-refractivity contribution in [2.75, 3.05) is 51.3 Å². The van der Waals surface area contributed by atoms with Gasteiger partial charge in [-0.15, -0.1) is 11.3 Å². The molecule has 1 aliphatic rings. The van der Waals surface area contributed by atoms with Gasteiger partial charge in [0.2, 0.25) is 0 Å². The van der Waals surface area contributed by atoms with Crippen molar-refractivity contribution in [3.8, 4) is 17.0 Å². The average Bonchev–Trinajstić information content (AvgIpc) is 3.43. The first-order valence-electron chi connectivity index (χ1n) is 13.5. The van der Waals surface area contributed by atoms with Crippen LogP contribution in [0.2, 0.25) is 0 Å². The summed E-state index contributed by atoms with van der Waals surface area (Å²) in [5.74, 6) is 0.954. The van der Waals surface area contributed by atoms with E-state index in [1.54, 1.807) is 18.4 Å². The molecule has 0 saturated carbocycles. The molecule has 0 radical (unpaired) electrons. The van der Waals surface area contributed by atoms with E-state index < -0.39 is 0 Å². The van der Waals surface area contributed by atoms with Crippen LogP contribution in [-0.2, 0) is 6.54 Å². The zero-order valence-corrected chi connectivity index (χ0v) is 24.1. The smallest absolute Gasteiger partial charge is 0.253 e. The molecule has 2 aromatic carbocycles. The van der Waals surface area contributed by atoms with Crippen molar-refractivity contribution in [2.24, 2.45) is 0 Å². The summed E-state index contributed by atoms with van der Waals surface area (Å²) in [6, 6.07) is 17.1. The Balaban J connectivity index is 1.52. The lowest BCUT2D eigenvalue weighted by molar-refractivity contribution is 0.0736. The fourth-order valence-electron chi connectivity index (χ4n) is 4.92. The normalized spacial score (nSPS) is 13.9. The van der Waals surface area contributed by atoms with Crippen molar-refractivity contribution in [3.05, 3.63) is 65.0 Å². The third-order valence-corrected chi connectivity index (χ3v) is 7.98. The average molecular weight is 536 g/mol. The van der Waals surface area contributed by atoms with E-state index in [1.165, 1.54) is 5.56 Å². The Hall–Kier alpha value is -2.94. The second-order valence-corrected chi connectivity index (χ2v) is 11.2. The molecule has 4 rings (SSSR count). The van der Waals surface area contributed by atoms with Gasteiger partial charge in [-0.3, -0.25) is 9.69 Å². The van der Waals surface area contributed by atoms with Gasteiger partial charge in [-0.05, 0) is 69.7 Å². The SMILES string of the molecule is COc1ccc(-c2csc(N(CCN(C(C)C)C(C)C)Cc3ccc(C(=O)N4CCNCC4)cc3)n2)cc1. The molecule has 1 N–H and O–H groups in total. The minimum absolute atomic E-state index is 0.114. The number of hydrogen-bond acceptors (Lipinski definition) is 7. The van der Waals surface area contributed by atoms with Gasteiger partial charge in [0.05, 0.1) is 12.8 Å². The highest BCUT2D eigenvalue weighted by Crippen LogP contribution is 2.29. The predicted molar refractivity (Wildman–Crippen MR) is 157 cm³/mol. The van der Waals surface area contributed by atoms with E-state index >= 15 is 0 Å². The number of anilines is 1. The molecule has 1 saturated heterocycles. The predicted octanol–water partition coefficient (Wildman–Crippen LogP) is 4.99. The number of amides is 1. The van der Waals surface area contributed by atoms with Crippen LogP contribution in [0.4, 0.5) is 5.13 Å². The van der Waals surface area contributed by atoms with Gasteiger partial charge in [0.15, 0.2) is 5.13 Å². The molecule has 0 unspecified atom stereocenters. The second-order valence-electron chi connectivity index (χ2n) is 10.3. The summed E-state index contributed by atoms with van der Waals surface area (Å²) in [6.07, 6.45) is 0. The van der Waals surface area contributed by atoms with Crippen molar-refractivity contribution in [1.82, 2.24) is 20.1 Å². The monoisotopic (exact) mass is 535 g/mol. The van der Waals surface area contributed by atoms with Crippen LogP contribution >= 0.6 is 11.3 Å². The second kappa shape index (κ2) is 13.2. The van der Waals surface area contributed by atoms with Crippen molar-refractivity contribution >= 4 is 22.4 Å². The lowest BCUT2D eigenvalue weighted by Crippen LogP contribution is -2.46. The van der Waals surface area contributed by atoms with Crippen molar-refractivity contribution in [1.29, 1.82) is 0 Å². The molecule has 0 aliphatic carbocycles. The highest BCUT2D eigenvalue weighted by Gasteiger charge is 2.20. The van der Waals surface area contributed by atoms with Gasteiger partial charge in [0.25, 0.3) is 5.91 Å². The van der Waals surface area contributed by atoms with E-state index in [-0.39, 0.29) is 5.91 Å². The van der Waals surface area contributed by atoms with Crippen LogP contribution in [0.3, 0.4) is 0 Å². The molecule has 3 aromatic rings. The van der Waals surface area contributed by atoms with Crippen molar-refractivity contribution in [3.63, 3.8) is 0 Å². The maximum atomic E-state index is 12.9. The Bertz CT molecular complexity index is 1150. The molecule has 1 aliphatic heterocycles. The van der Waals surface area contributed by atoms with Crippen molar-refractivity contribution in [2.45, 2.75) is 46.3 Å². The first-order valence-corrected chi connectivity index (χ1v) is 14.4. The number of aromatic nitrogens is 1. The lowest BCUT2D eigenvalue weighted by atomic mass is 10.1. The summed E-state index contributed by atoms with van der Waals surface area (Å²) in [4.78, 5) is 24.7. The highest BCUT2D eigenvalue weighted by molar-refractivity contribution is 7.14. The number of carbonyl (C=O) groups is 1. The fourth-order valence-corrected chi connectivity index (χ4v) is 5.78. The Morgan fingerprint density at radius 3 is 2.26 bits per heavy atom. The number of ether oxygens (including phenoxy) is 1. The van der Waals surface area contributed by atoms with Crippen LogP contribution in [0.15, 0.2) is 53.9 Å². The van der Waals surface area contributed by atoms with Crippen LogP contribution in [0.1, 0.15) is 43.6 Å². The Morgan fingerprint density at radius 2 is 1.66 bits per heavy atom. The van der Waals surface area contributed by atoms with Gasteiger partial charge in [-0.1, -0.05) is 12.1 Å². The van der Waals surface area contributed by atoms with Gasteiger partial charge in [-0.2, -0.15) is 0 Å². The number of nitrogens with zero attached hydrogens (tertiary/aromatic N) is 4. The van der Waals surface area contributed by atoms with E-state index in [9.17, 15) is 4.79 Å². The molecular weight excluding hydrogens is 494 g/mol. The third-order valence-electron chi connectivity index (χ3n) is 7.08. The molecule has 0 atom stereocenters. The Kier molecular flexibility index (Phi) is 9.77. The van der Waals surface area contributed by atoms with Crippen LogP contribution in [-0.4, -0.2) is 79.2 Å². The van der Waals surface area contributed by atoms with E-state index in [0.717, 1.165) is 73.5 Å². The Morgan fingerprint density at radius 1 is 1.00 bits per heavy atom. The molecule has 38 heavy (non-hydrogen) atoms. The quantitative estimate of drug-likeness (QED) is 0.373. The fraction of sp³-hybridized carbons (Fsp3) is 0.467. The largest absolute Gasteiger partial charge is 0.497 e. The van der Waals surface area contributed by atoms with Crippen LogP contribution < -0.4 is 15.0 Å². The van der Waals surface area contributed by atoms with E-state index in [1.807, 2.05) is 29.2 Å². The molecule has 1 fully saturated rings. The first-order chi connectivity index (χ1) is 18.4. The van der Waals surface area contributed by atoms with Gasteiger partial charge < -0.3 is 19.9 Å². The van der Waals surface area contributed by atoms with Crippen LogP contribution in [0.25, 0.3) is 11.3 Å². The molecule has 204 valence electrons. The topological polar surface area (TPSA) is 60.9 Å². The minimum atomic E-state index is 0.114. The van der Waals surface area contributed by atoms with Gasteiger partial charge in [-0.25, -0.2) is 4.98 Å². The van der Waals surface area contributed by atoms with Crippen LogP contribution in [0, 0.1) is 0 Å². The molecule has 1 amide bonds. The third kappa shape index (κ3) is 7.12. The molecular formula is C30H41N5O2S. The highest BCUT2D eigenvalue weighted by atomic mass is 32.1. The number of rotatable bonds is 11. The number of thiazole rings is 1. The molecule has 2 heterocycles. The van der Waals surface area contributed by atoms with E-state index in [4.69, 9.17) is 9.72 Å². The number of methoxy groups -OCH3 is 1.